The first kappa shape index (κ1) is 21.9. The van der Waals surface area contributed by atoms with Crippen LogP contribution in [-0.2, 0) is 16.6 Å². The molecule has 2 fully saturated rings. The molecule has 0 saturated carbocycles. The van der Waals surface area contributed by atoms with Crippen molar-refractivity contribution in [1.29, 1.82) is 0 Å². The Kier molecular flexibility index (Phi) is 5.88. The number of aliphatic hydroxyl groups excluding tert-OH is 1. The van der Waals surface area contributed by atoms with Gasteiger partial charge in [0.1, 0.15) is 5.69 Å². The fourth-order valence-electron chi connectivity index (χ4n) is 4.62. The van der Waals surface area contributed by atoms with Gasteiger partial charge in [0, 0.05) is 36.9 Å². The summed E-state index contributed by atoms with van der Waals surface area (Å²) in [6.45, 7) is 2.93. The van der Waals surface area contributed by atoms with Crippen LogP contribution in [0, 0.1) is 12.7 Å². The van der Waals surface area contributed by atoms with Crippen LogP contribution in [0.4, 0.5) is 22.0 Å². The molecule has 0 amide bonds. The number of rotatable bonds is 7. The van der Waals surface area contributed by atoms with Crippen molar-refractivity contribution < 1.29 is 17.9 Å². The molecule has 0 aromatic carbocycles. The number of nitrogens with zero attached hydrogens (tertiary/aromatic N) is 5. The Morgan fingerprint density at radius 2 is 2.00 bits per heavy atom. The minimum absolute atomic E-state index is 0.0123. The van der Waals surface area contributed by atoms with Crippen LogP contribution in [0.25, 0.3) is 0 Å². The lowest BCUT2D eigenvalue weighted by molar-refractivity contribution is 0.223. The number of fused-ring (bicyclic) bond motifs is 2. The Hall–Kier alpha value is -2.31. The molecule has 12 heteroatoms. The van der Waals surface area contributed by atoms with Crippen molar-refractivity contribution >= 4 is 27.6 Å². The van der Waals surface area contributed by atoms with E-state index < -0.39 is 22.4 Å². The smallest absolute Gasteiger partial charge is 0.227 e. The van der Waals surface area contributed by atoms with E-state index in [1.54, 1.807) is 17.3 Å². The molecule has 4 heterocycles. The number of aromatic nitrogens is 4. The van der Waals surface area contributed by atoms with Crippen LogP contribution in [0.15, 0.2) is 6.07 Å². The maximum Gasteiger partial charge on any atom is 0.227 e. The number of sulfonamides is 1. The molecule has 2 saturated heterocycles. The van der Waals surface area contributed by atoms with Crippen molar-refractivity contribution in [3.05, 3.63) is 23.3 Å². The maximum absolute atomic E-state index is 14.7. The van der Waals surface area contributed by atoms with Gasteiger partial charge in [-0.05, 0) is 39.5 Å². The number of aromatic amines is 1. The van der Waals surface area contributed by atoms with Gasteiger partial charge in [-0.1, -0.05) is 0 Å². The van der Waals surface area contributed by atoms with Crippen molar-refractivity contribution in [3.8, 4) is 0 Å². The Morgan fingerprint density at radius 1 is 1.32 bits per heavy atom. The Morgan fingerprint density at radius 3 is 2.55 bits per heavy atom. The second-order valence-corrected chi connectivity index (χ2v) is 10.4. The summed E-state index contributed by atoms with van der Waals surface area (Å²) in [4.78, 5) is 10.4. The number of piperidine rings is 1. The summed E-state index contributed by atoms with van der Waals surface area (Å²) in [6, 6.07) is 1.64. The molecule has 0 spiro atoms. The lowest BCUT2D eigenvalue weighted by Gasteiger charge is -2.41. The third kappa shape index (κ3) is 4.11. The second-order valence-electron chi connectivity index (χ2n) is 8.20. The zero-order valence-electron chi connectivity index (χ0n) is 17.8. The Labute approximate surface area is 180 Å². The molecule has 4 rings (SSSR count). The van der Waals surface area contributed by atoms with E-state index in [9.17, 15) is 17.9 Å². The SMILES string of the molecule is CCS(=O)(=O)N1[C@@H]2CC[C@H]1C[C@H](N(C)c1nc(CO)c(F)c(Nc3cc(C)[nH]n3)n1)C2. The van der Waals surface area contributed by atoms with Gasteiger partial charge in [0.15, 0.2) is 17.5 Å². The summed E-state index contributed by atoms with van der Waals surface area (Å²) in [5.41, 5.74) is 0.696. The van der Waals surface area contributed by atoms with Crippen molar-refractivity contribution in [2.75, 3.05) is 23.0 Å². The number of anilines is 3. The molecule has 10 nitrogen and oxygen atoms in total. The molecule has 0 radical (unpaired) electrons. The van der Waals surface area contributed by atoms with E-state index in [-0.39, 0.29) is 41.3 Å². The highest BCUT2D eigenvalue weighted by Crippen LogP contribution is 2.40. The van der Waals surface area contributed by atoms with Gasteiger partial charge in [-0.3, -0.25) is 5.10 Å². The van der Waals surface area contributed by atoms with Gasteiger partial charge < -0.3 is 15.3 Å². The summed E-state index contributed by atoms with van der Waals surface area (Å²) < 4.78 is 41.4. The average Bonchev–Trinajstić information content (AvgIpc) is 3.28. The van der Waals surface area contributed by atoms with Crippen LogP contribution < -0.4 is 10.2 Å². The fraction of sp³-hybridized carbons (Fsp3) is 0.632. The molecular weight excluding hydrogens is 425 g/mol. The van der Waals surface area contributed by atoms with Crippen LogP contribution in [-0.4, -0.2) is 68.9 Å². The number of H-pyrrole nitrogens is 1. The van der Waals surface area contributed by atoms with E-state index in [0.29, 0.717) is 18.7 Å². The number of aryl methyl sites for hydroxylation is 1. The minimum Gasteiger partial charge on any atom is -0.390 e. The highest BCUT2D eigenvalue weighted by molar-refractivity contribution is 7.89. The van der Waals surface area contributed by atoms with Gasteiger partial charge in [0.2, 0.25) is 16.0 Å². The zero-order chi connectivity index (χ0) is 22.3. The Balaban J connectivity index is 1.59. The molecule has 2 aromatic rings. The number of nitrogens with one attached hydrogen (secondary N) is 2. The number of halogens is 1. The van der Waals surface area contributed by atoms with Crippen LogP contribution in [0.2, 0.25) is 0 Å². The molecule has 2 aliphatic rings. The third-order valence-corrected chi connectivity index (χ3v) is 8.17. The van der Waals surface area contributed by atoms with E-state index in [1.807, 2.05) is 18.9 Å². The highest BCUT2D eigenvalue weighted by atomic mass is 32.2. The maximum atomic E-state index is 14.7. The van der Waals surface area contributed by atoms with Crippen molar-refractivity contribution in [3.63, 3.8) is 0 Å². The number of hydrogen-bond donors (Lipinski definition) is 3. The standard InChI is InChI=1S/C19H28FN7O3S/c1-4-31(29,30)27-12-5-6-13(27)9-14(8-12)26(3)19-21-15(10-28)17(20)18(23-19)22-16-7-11(2)24-25-16/h7,12-14,28H,4-6,8-10H2,1-3H3,(H2,21,22,23,24,25)/t12-,13+,14-. The van der Waals surface area contributed by atoms with Gasteiger partial charge in [0.25, 0.3) is 0 Å². The van der Waals surface area contributed by atoms with Gasteiger partial charge in [-0.25, -0.2) is 17.8 Å². The first-order valence-corrected chi connectivity index (χ1v) is 12.0. The lowest BCUT2D eigenvalue weighted by Crippen LogP contribution is -2.52. The quantitative estimate of drug-likeness (QED) is 0.578. The molecule has 2 bridgehead atoms. The predicted molar refractivity (Wildman–Crippen MR) is 114 cm³/mol. The summed E-state index contributed by atoms with van der Waals surface area (Å²) in [6.07, 6.45) is 2.99. The molecule has 31 heavy (non-hydrogen) atoms. The van der Waals surface area contributed by atoms with E-state index in [0.717, 1.165) is 18.5 Å². The number of aliphatic hydroxyl groups is 1. The van der Waals surface area contributed by atoms with E-state index >= 15 is 0 Å². The van der Waals surface area contributed by atoms with Gasteiger partial charge >= 0.3 is 0 Å². The molecular formula is C19H28FN7O3S. The van der Waals surface area contributed by atoms with Gasteiger partial charge in [0.05, 0.1) is 12.4 Å². The molecule has 3 atom stereocenters. The molecule has 0 aliphatic carbocycles. The van der Waals surface area contributed by atoms with E-state index in [4.69, 9.17) is 0 Å². The average molecular weight is 454 g/mol. The first-order valence-electron chi connectivity index (χ1n) is 10.4. The molecule has 2 aliphatic heterocycles. The summed E-state index contributed by atoms with van der Waals surface area (Å²) >= 11 is 0. The topological polar surface area (TPSA) is 127 Å². The van der Waals surface area contributed by atoms with Crippen LogP contribution in [0.5, 0.6) is 0 Å². The van der Waals surface area contributed by atoms with Crippen LogP contribution in [0.3, 0.4) is 0 Å². The van der Waals surface area contributed by atoms with E-state index in [2.05, 4.69) is 25.5 Å². The normalized spacial score (nSPS) is 23.8. The van der Waals surface area contributed by atoms with Crippen molar-refractivity contribution in [2.45, 2.75) is 64.3 Å². The summed E-state index contributed by atoms with van der Waals surface area (Å²) in [5.74, 6) is -0.0194. The molecule has 2 aromatic heterocycles. The van der Waals surface area contributed by atoms with Gasteiger partial charge in [-0.15, -0.1) is 0 Å². The summed E-state index contributed by atoms with van der Waals surface area (Å²) in [7, 11) is -1.42. The highest BCUT2D eigenvalue weighted by Gasteiger charge is 2.47. The largest absolute Gasteiger partial charge is 0.390 e. The zero-order valence-corrected chi connectivity index (χ0v) is 18.7. The number of hydrogen-bond acceptors (Lipinski definition) is 8. The monoisotopic (exact) mass is 453 g/mol. The molecule has 0 unspecified atom stereocenters. The van der Waals surface area contributed by atoms with Crippen LogP contribution in [0.1, 0.15) is 44.0 Å². The molecule has 3 N–H and O–H groups in total. The van der Waals surface area contributed by atoms with Crippen molar-refractivity contribution in [2.24, 2.45) is 0 Å². The predicted octanol–water partition coefficient (Wildman–Crippen LogP) is 1.66. The fourth-order valence-corrected chi connectivity index (χ4v) is 6.21. The van der Waals surface area contributed by atoms with Crippen molar-refractivity contribution in [1.82, 2.24) is 24.5 Å². The summed E-state index contributed by atoms with van der Waals surface area (Å²) in [5, 5.41) is 19.2. The lowest BCUT2D eigenvalue weighted by atomic mass is 9.99. The minimum atomic E-state index is -3.25. The van der Waals surface area contributed by atoms with Crippen LogP contribution >= 0.6 is 0 Å². The second kappa shape index (κ2) is 8.32. The van der Waals surface area contributed by atoms with Gasteiger partial charge in [-0.2, -0.15) is 14.4 Å². The first-order chi connectivity index (χ1) is 14.7. The molecule has 170 valence electrons. The third-order valence-electron chi connectivity index (χ3n) is 6.20. The van der Waals surface area contributed by atoms with E-state index in [1.165, 1.54) is 0 Å². The Bertz CT molecular complexity index is 1050.